The first kappa shape index (κ1) is 11.4. The Kier molecular flexibility index (Phi) is 4.47. The summed E-state index contributed by atoms with van der Waals surface area (Å²) in [6.45, 7) is 4.68. The fourth-order valence-electron chi connectivity index (χ4n) is 1.09. The van der Waals surface area contributed by atoms with Crippen molar-refractivity contribution in [3.63, 3.8) is 0 Å². The number of anilines is 1. The number of nitrogens with one attached hydrogen (secondary N) is 1. The third-order valence-corrected chi connectivity index (χ3v) is 1.69. The highest BCUT2D eigenvalue weighted by Gasteiger charge is 2.01. The highest BCUT2D eigenvalue weighted by Crippen LogP contribution is 2.15. The second-order valence-electron chi connectivity index (χ2n) is 2.80. The standard InChI is InChI=1S/C11H15NO3/c1-3-14-10-7-5-9(6-8-10)12-11(13)15-4-2/h5-8H,3-4H2,1-2H3,(H,12,13). The minimum absolute atomic E-state index is 0.364. The van der Waals surface area contributed by atoms with Gasteiger partial charge >= 0.3 is 6.09 Å². The molecule has 1 aromatic carbocycles. The van der Waals surface area contributed by atoms with Crippen molar-refractivity contribution in [2.24, 2.45) is 0 Å². The van der Waals surface area contributed by atoms with Gasteiger partial charge in [0, 0.05) is 5.69 Å². The number of benzene rings is 1. The minimum atomic E-state index is -0.443. The van der Waals surface area contributed by atoms with E-state index in [0.717, 1.165) is 5.75 Å². The van der Waals surface area contributed by atoms with Gasteiger partial charge in [-0.25, -0.2) is 4.79 Å². The van der Waals surface area contributed by atoms with Gasteiger partial charge in [-0.2, -0.15) is 0 Å². The van der Waals surface area contributed by atoms with Crippen LogP contribution in [0.1, 0.15) is 13.8 Å². The Labute approximate surface area is 89.2 Å². The van der Waals surface area contributed by atoms with E-state index >= 15 is 0 Å². The van der Waals surface area contributed by atoms with Crippen molar-refractivity contribution in [1.29, 1.82) is 0 Å². The molecule has 0 saturated heterocycles. The van der Waals surface area contributed by atoms with Crippen LogP contribution >= 0.6 is 0 Å². The molecule has 0 aliphatic rings. The van der Waals surface area contributed by atoms with E-state index < -0.39 is 6.09 Å². The van der Waals surface area contributed by atoms with Crippen molar-refractivity contribution >= 4 is 11.8 Å². The maximum Gasteiger partial charge on any atom is 0.411 e. The van der Waals surface area contributed by atoms with Crippen LogP contribution in [0.5, 0.6) is 5.75 Å². The summed E-state index contributed by atoms with van der Waals surface area (Å²) in [6.07, 6.45) is -0.443. The lowest BCUT2D eigenvalue weighted by Crippen LogP contribution is -2.13. The summed E-state index contributed by atoms with van der Waals surface area (Å²) in [6, 6.07) is 7.12. The molecule has 0 fully saturated rings. The smallest absolute Gasteiger partial charge is 0.411 e. The highest BCUT2D eigenvalue weighted by atomic mass is 16.5. The van der Waals surface area contributed by atoms with Crippen molar-refractivity contribution in [3.05, 3.63) is 24.3 Å². The van der Waals surface area contributed by atoms with Crippen molar-refractivity contribution in [2.75, 3.05) is 18.5 Å². The van der Waals surface area contributed by atoms with Crippen LogP contribution in [0.15, 0.2) is 24.3 Å². The molecular formula is C11H15NO3. The van der Waals surface area contributed by atoms with Gasteiger partial charge < -0.3 is 9.47 Å². The predicted molar refractivity (Wildman–Crippen MR) is 58.3 cm³/mol. The molecule has 0 heterocycles. The molecule has 0 atom stereocenters. The molecular weight excluding hydrogens is 194 g/mol. The summed E-state index contributed by atoms with van der Waals surface area (Å²) in [5.41, 5.74) is 0.692. The van der Waals surface area contributed by atoms with Gasteiger partial charge in [0.15, 0.2) is 0 Å². The lowest BCUT2D eigenvalue weighted by molar-refractivity contribution is 0.168. The lowest BCUT2D eigenvalue weighted by atomic mass is 10.3. The van der Waals surface area contributed by atoms with E-state index in [-0.39, 0.29) is 0 Å². The highest BCUT2D eigenvalue weighted by molar-refractivity contribution is 5.84. The number of ether oxygens (including phenoxy) is 2. The zero-order valence-electron chi connectivity index (χ0n) is 8.95. The van der Waals surface area contributed by atoms with Crippen LogP contribution in [0, 0.1) is 0 Å². The first-order valence-corrected chi connectivity index (χ1v) is 4.93. The average molecular weight is 209 g/mol. The van der Waals surface area contributed by atoms with Crippen LogP contribution in [0.2, 0.25) is 0 Å². The maximum absolute atomic E-state index is 11.1. The molecule has 0 saturated carbocycles. The Balaban J connectivity index is 2.52. The fraction of sp³-hybridized carbons (Fsp3) is 0.364. The van der Waals surface area contributed by atoms with Crippen LogP contribution in [-0.2, 0) is 4.74 Å². The third kappa shape index (κ3) is 3.89. The minimum Gasteiger partial charge on any atom is -0.494 e. The molecule has 0 unspecified atom stereocenters. The Morgan fingerprint density at radius 2 is 1.87 bits per heavy atom. The zero-order chi connectivity index (χ0) is 11.1. The second kappa shape index (κ2) is 5.90. The normalized spacial score (nSPS) is 9.47. The lowest BCUT2D eigenvalue weighted by Gasteiger charge is -2.06. The van der Waals surface area contributed by atoms with Crippen molar-refractivity contribution in [3.8, 4) is 5.75 Å². The SMILES string of the molecule is CCOC(=O)Nc1ccc(OCC)cc1. The Bertz CT molecular complexity index is 308. The maximum atomic E-state index is 11.1. The zero-order valence-corrected chi connectivity index (χ0v) is 8.95. The molecule has 1 amide bonds. The van der Waals surface area contributed by atoms with E-state index in [0.29, 0.717) is 18.9 Å². The van der Waals surface area contributed by atoms with Gasteiger partial charge in [-0.05, 0) is 38.1 Å². The number of hydrogen-bond donors (Lipinski definition) is 1. The molecule has 1 N–H and O–H groups in total. The first-order valence-electron chi connectivity index (χ1n) is 4.93. The summed E-state index contributed by atoms with van der Waals surface area (Å²) in [4.78, 5) is 11.1. The van der Waals surface area contributed by atoms with Crippen LogP contribution < -0.4 is 10.1 Å². The van der Waals surface area contributed by atoms with Gasteiger partial charge in [0.25, 0.3) is 0 Å². The van der Waals surface area contributed by atoms with E-state index in [9.17, 15) is 4.79 Å². The van der Waals surface area contributed by atoms with Crippen LogP contribution in [0.3, 0.4) is 0 Å². The molecule has 82 valence electrons. The van der Waals surface area contributed by atoms with Crippen molar-refractivity contribution in [2.45, 2.75) is 13.8 Å². The predicted octanol–water partition coefficient (Wildman–Crippen LogP) is 2.65. The van der Waals surface area contributed by atoms with E-state index in [1.165, 1.54) is 0 Å². The van der Waals surface area contributed by atoms with Crippen LogP contribution in [0.4, 0.5) is 10.5 Å². The monoisotopic (exact) mass is 209 g/mol. The molecule has 1 rings (SSSR count). The van der Waals surface area contributed by atoms with E-state index in [1.54, 1.807) is 31.2 Å². The third-order valence-electron chi connectivity index (χ3n) is 1.69. The van der Waals surface area contributed by atoms with Crippen LogP contribution in [0.25, 0.3) is 0 Å². The quantitative estimate of drug-likeness (QED) is 0.829. The van der Waals surface area contributed by atoms with Gasteiger partial charge in [-0.15, -0.1) is 0 Å². The molecule has 0 spiro atoms. The fourth-order valence-corrected chi connectivity index (χ4v) is 1.09. The largest absolute Gasteiger partial charge is 0.494 e. The van der Waals surface area contributed by atoms with Crippen LogP contribution in [-0.4, -0.2) is 19.3 Å². The summed E-state index contributed by atoms with van der Waals surface area (Å²) >= 11 is 0. The second-order valence-corrected chi connectivity index (χ2v) is 2.80. The Morgan fingerprint density at radius 1 is 1.20 bits per heavy atom. The number of carbonyl (C=O) groups excluding carboxylic acids is 1. The summed E-state index contributed by atoms with van der Waals surface area (Å²) in [7, 11) is 0. The summed E-state index contributed by atoms with van der Waals surface area (Å²) < 4.78 is 10.0. The molecule has 0 aromatic heterocycles. The number of amides is 1. The molecule has 1 aromatic rings. The number of hydrogen-bond acceptors (Lipinski definition) is 3. The molecule has 4 nitrogen and oxygen atoms in total. The Morgan fingerprint density at radius 3 is 2.40 bits per heavy atom. The van der Waals surface area contributed by atoms with Gasteiger partial charge in [-0.3, -0.25) is 5.32 Å². The van der Waals surface area contributed by atoms with Crippen molar-refractivity contribution in [1.82, 2.24) is 0 Å². The topological polar surface area (TPSA) is 47.6 Å². The number of rotatable bonds is 4. The van der Waals surface area contributed by atoms with Crippen molar-refractivity contribution < 1.29 is 14.3 Å². The molecule has 15 heavy (non-hydrogen) atoms. The van der Waals surface area contributed by atoms with E-state index in [4.69, 9.17) is 9.47 Å². The van der Waals surface area contributed by atoms with E-state index in [2.05, 4.69) is 5.32 Å². The van der Waals surface area contributed by atoms with Gasteiger partial charge in [0.1, 0.15) is 5.75 Å². The number of carbonyl (C=O) groups is 1. The van der Waals surface area contributed by atoms with E-state index in [1.807, 2.05) is 6.92 Å². The average Bonchev–Trinajstić information content (AvgIpc) is 2.22. The molecule has 0 bridgehead atoms. The van der Waals surface area contributed by atoms with Gasteiger partial charge in [-0.1, -0.05) is 0 Å². The first-order chi connectivity index (χ1) is 7.26. The molecule has 0 aliphatic carbocycles. The summed E-state index contributed by atoms with van der Waals surface area (Å²) in [5.74, 6) is 0.784. The Hall–Kier alpha value is -1.71. The molecule has 0 radical (unpaired) electrons. The van der Waals surface area contributed by atoms with Gasteiger partial charge in [0.2, 0.25) is 0 Å². The summed E-state index contributed by atoms with van der Waals surface area (Å²) in [5, 5.41) is 2.60. The molecule has 0 aliphatic heterocycles. The molecule has 4 heteroatoms. The van der Waals surface area contributed by atoms with Gasteiger partial charge in [0.05, 0.1) is 13.2 Å².